The number of ketones is 1. The van der Waals surface area contributed by atoms with Crippen molar-refractivity contribution in [1.82, 2.24) is 0 Å². The number of anilines is 2. The van der Waals surface area contributed by atoms with Gasteiger partial charge in [0, 0.05) is 18.8 Å². The van der Waals surface area contributed by atoms with Gasteiger partial charge in [0.1, 0.15) is 0 Å². The van der Waals surface area contributed by atoms with E-state index >= 15 is 0 Å². The third kappa shape index (κ3) is 2.53. The lowest BCUT2D eigenvalue weighted by Gasteiger charge is -2.48. The normalized spacial score (nSPS) is 23.0. The van der Waals surface area contributed by atoms with E-state index in [4.69, 9.17) is 4.74 Å². The first-order chi connectivity index (χ1) is 9.67. The quantitative estimate of drug-likeness (QED) is 0.805. The highest BCUT2D eigenvalue weighted by Gasteiger charge is 2.38. The van der Waals surface area contributed by atoms with Gasteiger partial charge in [-0.25, -0.2) is 0 Å². The van der Waals surface area contributed by atoms with E-state index in [1.807, 2.05) is 12.1 Å². The Bertz CT molecular complexity index is 618. The fourth-order valence-electron chi connectivity index (χ4n) is 3.30. The second kappa shape index (κ2) is 4.31. The van der Waals surface area contributed by atoms with Gasteiger partial charge in [-0.15, -0.1) is 0 Å². The van der Waals surface area contributed by atoms with Crippen LogP contribution in [-0.4, -0.2) is 36.0 Å². The average Bonchev–Trinajstić information content (AvgIpc) is 2.61. The van der Waals surface area contributed by atoms with Crippen LogP contribution in [0.4, 0.5) is 11.4 Å². The zero-order valence-corrected chi connectivity index (χ0v) is 12.8. The molecule has 0 spiro atoms. The number of carbonyl (C=O) groups excluding carboxylic acids is 2. The van der Waals surface area contributed by atoms with Crippen LogP contribution in [0.25, 0.3) is 0 Å². The van der Waals surface area contributed by atoms with Crippen LogP contribution >= 0.6 is 0 Å². The standard InChI is InChI=1S/C16H20N2O3/c1-15(2)8-18(9-16(3,4)21-15)10-5-6-11-12(7-10)17-14(20)13(11)19/h5-7H,8-9H2,1-4H3,(H,17,19,20). The van der Waals surface area contributed by atoms with E-state index < -0.39 is 11.7 Å². The maximum atomic E-state index is 11.6. The van der Waals surface area contributed by atoms with Gasteiger partial charge in [-0.05, 0) is 45.9 Å². The molecule has 0 saturated carbocycles. The molecule has 0 unspecified atom stereocenters. The lowest BCUT2D eigenvalue weighted by molar-refractivity contribution is -0.133. The third-order valence-corrected chi connectivity index (χ3v) is 3.76. The van der Waals surface area contributed by atoms with E-state index in [2.05, 4.69) is 37.9 Å². The van der Waals surface area contributed by atoms with Crippen molar-refractivity contribution in [2.24, 2.45) is 0 Å². The third-order valence-electron chi connectivity index (χ3n) is 3.76. The van der Waals surface area contributed by atoms with Gasteiger partial charge in [-0.3, -0.25) is 9.59 Å². The summed E-state index contributed by atoms with van der Waals surface area (Å²) in [6.45, 7) is 9.80. The first-order valence-corrected chi connectivity index (χ1v) is 7.12. The molecule has 1 aromatic rings. The molecular weight excluding hydrogens is 268 g/mol. The van der Waals surface area contributed by atoms with Crippen LogP contribution in [0.1, 0.15) is 38.1 Å². The average molecular weight is 288 g/mol. The number of ether oxygens (including phenoxy) is 1. The molecular formula is C16H20N2O3. The Morgan fingerprint density at radius 3 is 2.33 bits per heavy atom. The Balaban J connectivity index is 1.93. The fourth-order valence-corrected chi connectivity index (χ4v) is 3.30. The summed E-state index contributed by atoms with van der Waals surface area (Å²) in [5.74, 6) is -1.01. The Kier molecular flexibility index (Phi) is 2.89. The van der Waals surface area contributed by atoms with Gasteiger partial charge in [-0.1, -0.05) is 0 Å². The van der Waals surface area contributed by atoms with Crippen LogP contribution in [0.15, 0.2) is 18.2 Å². The molecule has 21 heavy (non-hydrogen) atoms. The van der Waals surface area contributed by atoms with Gasteiger partial charge in [0.2, 0.25) is 0 Å². The lowest BCUT2D eigenvalue weighted by atomic mass is 9.98. The highest BCUT2D eigenvalue weighted by molar-refractivity contribution is 6.51. The topological polar surface area (TPSA) is 58.6 Å². The molecule has 2 aliphatic heterocycles. The van der Waals surface area contributed by atoms with E-state index in [1.54, 1.807) is 6.07 Å². The van der Waals surface area contributed by atoms with Gasteiger partial charge in [0.25, 0.3) is 11.7 Å². The van der Waals surface area contributed by atoms with Gasteiger partial charge >= 0.3 is 0 Å². The number of carbonyl (C=O) groups is 2. The molecule has 1 amide bonds. The predicted octanol–water partition coefficient (Wildman–Crippen LogP) is 2.22. The molecule has 5 nitrogen and oxygen atoms in total. The minimum atomic E-state index is -0.551. The number of Topliss-reactive ketones (excluding diaryl/α,β-unsaturated/α-hetero) is 1. The molecule has 3 rings (SSSR count). The first-order valence-electron chi connectivity index (χ1n) is 7.12. The Hall–Kier alpha value is -1.88. The highest BCUT2D eigenvalue weighted by atomic mass is 16.5. The zero-order chi connectivity index (χ0) is 15.4. The Morgan fingerprint density at radius 2 is 1.71 bits per heavy atom. The largest absolute Gasteiger partial charge is 0.366 e. The van der Waals surface area contributed by atoms with Crippen molar-refractivity contribution in [3.05, 3.63) is 23.8 Å². The summed E-state index contributed by atoms with van der Waals surface area (Å²) in [5.41, 5.74) is 1.55. The molecule has 1 saturated heterocycles. The van der Waals surface area contributed by atoms with Crippen molar-refractivity contribution in [3.8, 4) is 0 Å². The minimum Gasteiger partial charge on any atom is -0.366 e. The number of hydrogen-bond donors (Lipinski definition) is 1. The number of rotatable bonds is 1. The van der Waals surface area contributed by atoms with Crippen molar-refractivity contribution in [2.45, 2.75) is 38.9 Å². The van der Waals surface area contributed by atoms with E-state index in [0.29, 0.717) is 11.3 Å². The molecule has 2 aliphatic rings. The smallest absolute Gasteiger partial charge is 0.296 e. The molecule has 0 atom stereocenters. The van der Waals surface area contributed by atoms with Gasteiger partial charge < -0.3 is 15.0 Å². The van der Waals surface area contributed by atoms with Crippen molar-refractivity contribution in [2.75, 3.05) is 23.3 Å². The van der Waals surface area contributed by atoms with Crippen LogP contribution in [0, 0.1) is 0 Å². The SMILES string of the molecule is CC1(C)CN(c2ccc3c(c2)NC(=O)C3=O)CC(C)(C)O1. The second-order valence-corrected chi connectivity index (χ2v) is 6.99. The molecule has 1 fully saturated rings. The summed E-state index contributed by atoms with van der Waals surface area (Å²) in [6, 6.07) is 5.49. The molecule has 2 heterocycles. The molecule has 5 heteroatoms. The lowest BCUT2D eigenvalue weighted by Crippen LogP contribution is -2.57. The number of nitrogens with one attached hydrogen (secondary N) is 1. The van der Waals surface area contributed by atoms with Gasteiger partial charge in [0.15, 0.2) is 0 Å². The predicted molar refractivity (Wildman–Crippen MR) is 80.9 cm³/mol. The van der Waals surface area contributed by atoms with E-state index in [-0.39, 0.29) is 11.2 Å². The molecule has 0 radical (unpaired) electrons. The van der Waals surface area contributed by atoms with Crippen LogP contribution in [0.2, 0.25) is 0 Å². The monoisotopic (exact) mass is 288 g/mol. The summed E-state index contributed by atoms with van der Waals surface area (Å²) in [5, 5.41) is 2.62. The van der Waals surface area contributed by atoms with Crippen LogP contribution in [0.5, 0.6) is 0 Å². The van der Waals surface area contributed by atoms with Gasteiger partial charge in [0.05, 0.1) is 22.5 Å². The van der Waals surface area contributed by atoms with Crippen molar-refractivity contribution in [1.29, 1.82) is 0 Å². The zero-order valence-electron chi connectivity index (χ0n) is 12.8. The number of nitrogens with zero attached hydrogens (tertiary/aromatic N) is 1. The van der Waals surface area contributed by atoms with Crippen molar-refractivity contribution >= 4 is 23.1 Å². The first kappa shape index (κ1) is 14.1. The molecule has 112 valence electrons. The Morgan fingerprint density at radius 1 is 1.10 bits per heavy atom. The summed E-state index contributed by atoms with van der Waals surface area (Å²) >= 11 is 0. The van der Waals surface area contributed by atoms with E-state index in [1.165, 1.54) is 0 Å². The number of benzene rings is 1. The molecule has 0 aromatic heterocycles. The maximum Gasteiger partial charge on any atom is 0.296 e. The van der Waals surface area contributed by atoms with Crippen LogP contribution in [0.3, 0.4) is 0 Å². The maximum absolute atomic E-state index is 11.6. The number of morpholine rings is 1. The summed E-state index contributed by atoms with van der Waals surface area (Å²) in [4.78, 5) is 25.3. The number of amides is 1. The fraction of sp³-hybridized carbons (Fsp3) is 0.500. The molecule has 1 aromatic carbocycles. The second-order valence-electron chi connectivity index (χ2n) is 6.99. The number of fused-ring (bicyclic) bond motifs is 1. The molecule has 1 N–H and O–H groups in total. The van der Waals surface area contributed by atoms with Crippen LogP contribution < -0.4 is 10.2 Å². The summed E-state index contributed by atoms with van der Waals surface area (Å²) < 4.78 is 6.07. The number of hydrogen-bond acceptors (Lipinski definition) is 4. The van der Waals surface area contributed by atoms with Crippen LogP contribution in [-0.2, 0) is 9.53 Å². The summed E-state index contributed by atoms with van der Waals surface area (Å²) in [6.07, 6.45) is 0. The minimum absolute atomic E-state index is 0.250. The van der Waals surface area contributed by atoms with E-state index in [9.17, 15) is 9.59 Å². The molecule has 0 bridgehead atoms. The van der Waals surface area contributed by atoms with Gasteiger partial charge in [-0.2, -0.15) is 0 Å². The highest BCUT2D eigenvalue weighted by Crippen LogP contribution is 2.34. The van der Waals surface area contributed by atoms with E-state index in [0.717, 1.165) is 18.8 Å². The summed E-state index contributed by atoms with van der Waals surface area (Å²) in [7, 11) is 0. The Labute approximate surface area is 124 Å². The van der Waals surface area contributed by atoms with Crippen molar-refractivity contribution in [3.63, 3.8) is 0 Å². The molecule has 0 aliphatic carbocycles. The van der Waals surface area contributed by atoms with Crippen molar-refractivity contribution < 1.29 is 14.3 Å².